The molecule has 4 N–H and O–H groups in total. The molecule has 0 spiro atoms. The highest BCUT2D eigenvalue weighted by Gasteiger charge is 2.24. The molecule has 0 amide bonds. The van der Waals surface area contributed by atoms with Gasteiger partial charge in [0.2, 0.25) is 0 Å². The number of fused-ring (bicyclic) bond motifs is 1. The number of nitrogens with two attached hydrogens (primary N) is 1. The number of benzene rings is 1. The molecule has 1 atom stereocenters. The Kier molecular flexibility index (Phi) is 2.99. The second kappa shape index (κ2) is 4.46. The third kappa shape index (κ3) is 2.03. The van der Waals surface area contributed by atoms with Crippen LogP contribution in [0.2, 0.25) is 0 Å². The Labute approximate surface area is 101 Å². The molecule has 1 aromatic carbocycles. The summed E-state index contributed by atoms with van der Waals surface area (Å²) in [6.07, 6.45) is -0.0876. The topological polar surface area (TPSA) is 122 Å². The van der Waals surface area contributed by atoms with Crippen LogP contribution in [0.3, 0.4) is 0 Å². The SMILES string of the molecule is NC(Cc1c([N+](=O)[O-])[nH]c2ccccc12)C(=O)O. The summed E-state index contributed by atoms with van der Waals surface area (Å²) in [7, 11) is 0. The number of aromatic nitrogens is 1. The van der Waals surface area contributed by atoms with Crippen LogP contribution in [0.4, 0.5) is 5.82 Å². The van der Waals surface area contributed by atoms with E-state index in [0.717, 1.165) is 0 Å². The van der Waals surface area contributed by atoms with Crippen molar-refractivity contribution in [3.05, 3.63) is 39.9 Å². The summed E-state index contributed by atoms with van der Waals surface area (Å²) >= 11 is 0. The van der Waals surface area contributed by atoms with E-state index in [1.165, 1.54) is 0 Å². The fourth-order valence-corrected chi connectivity index (χ4v) is 1.86. The molecule has 1 unspecified atom stereocenters. The first-order chi connectivity index (χ1) is 8.50. The summed E-state index contributed by atoms with van der Waals surface area (Å²) < 4.78 is 0. The van der Waals surface area contributed by atoms with Crippen molar-refractivity contribution in [1.82, 2.24) is 4.98 Å². The molecule has 0 radical (unpaired) electrons. The zero-order valence-corrected chi connectivity index (χ0v) is 9.29. The zero-order chi connectivity index (χ0) is 13.3. The molecular formula is C11H11N3O4. The van der Waals surface area contributed by atoms with Gasteiger partial charge in [0.15, 0.2) is 0 Å². The second-order valence-electron chi connectivity index (χ2n) is 3.90. The summed E-state index contributed by atoms with van der Waals surface area (Å²) in [5.74, 6) is -1.39. The van der Waals surface area contributed by atoms with Gasteiger partial charge in [-0.2, -0.15) is 0 Å². The smallest absolute Gasteiger partial charge is 0.325 e. The van der Waals surface area contributed by atoms with Crippen LogP contribution < -0.4 is 5.73 Å². The number of nitrogens with one attached hydrogen (secondary N) is 1. The molecule has 0 fully saturated rings. The lowest BCUT2D eigenvalue weighted by Gasteiger charge is -2.05. The Morgan fingerprint density at radius 2 is 2.17 bits per heavy atom. The number of rotatable bonds is 4. The minimum absolute atomic E-state index is 0.0876. The Morgan fingerprint density at radius 1 is 1.50 bits per heavy atom. The summed E-state index contributed by atoms with van der Waals surface area (Å²) in [5, 5.41) is 20.3. The molecular weight excluding hydrogens is 238 g/mol. The van der Waals surface area contributed by atoms with Gasteiger partial charge in [0.25, 0.3) is 0 Å². The third-order valence-corrected chi connectivity index (χ3v) is 2.71. The Morgan fingerprint density at radius 3 is 2.78 bits per heavy atom. The van der Waals surface area contributed by atoms with Crippen LogP contribution in [-0.4, -0.2) is 27.0 Å². The Bertz CT molecular complexity index is 620. The van der Waals surface area contributed by atoms with E-state index in [1.54, 1.807) is 24.3 Å². The fourth-order valence-electron chi connectivity index (χ4n) is 1.86. The van der Waals surface area contributed by atoms with Gasteiger partial charge in [-0.25, -0.2) is 4.98 Å². The maximum atomic E-state index is 10.9. The van der Waals surface area contributed by atoms with Crippen LogP contribution in [0.1, 0.15) is 5.56 Å². The van der Waals surface area contributed by atoms with Crippen LogP contribution in [0.25, 0.3) is 10.9 Å². The molecule has 7 heteroatoms. The molecule has 2 rings (SSSR count). The van der Waals surface area contributed by atoms with Crippen LogP contribution in [0.15, 0.2) is 24.3 Å². The molecule has 1 heterocycles. The summed E-state index contributed by atoms with van der Waals surface area (Å²) in [6, 6.07) is 5.70. The number of para-hydroxylation sites is 1. The number of nitrogens with zero attached hydrogens (tertiary/aromatic N) is 1. The highest BCUT2D eigenvalue weighted by atomic mass is 16.6. The fraction of sp³-hybridized carbons (Fsp3) is 0.182. The molecule has 0 aliphatic heterocycles. The van der Waals surface area contributed by atoms with Crippen molar-refractivity contribution in [2.75, 3.05) is 0 Å². The number of hydrogen-bond donors (Lipinski definition) is 3. The van der Waals surface area contributed by atoms with Crippen molar-refractivity contribution in [1.29, 1.82) is 0 Å². The van der Waals surface area contributed by atoms with Crippen molar-refractivity contribution in [2.45, 2.75) is 12.5 Å². The standard InChI is InChI=1S/C11H11N3O4/c12-8(11(15)16)5-7-6-3-1-2-4-9(6)13-10(7)14(17)18/h1-4,8,13H,5,12H2,(H,15,16). The first kappa shape index (κ1) is 12.1. The number of carboxylic acids is 1. The maximum absolute atomic E-state index is 10.9. The van der Waals surface area contributed by atoms with Crippen molar-refractivity contribution < 1.29 is 14.8 Å². The van der Waals surface area contributed by atoms with Gasteiger partial charge in [0, 0.05) is 11.8 Å². The molecule has 0 aliphatic carbocycles. The highest BCUT2D eigenvalue weighted by molar-refractivity contribution is 5.88. The minimum Gasteiger partial charge on any atom is -0.480 e. The molecule has 1 aromatic heterocycles. The summed E-state index contributed by atoms with van der Waals surface area (Å²) in [4.78, 5) is 23.8. The van der Waals surface area contributed by atoms with Crippen molar-refractivity contribution in [2.24, 2.45) is 5.73 Å². The Hall–Kier alpha value is -2.41. The first-order valence-corrected chi connectivity index (χ1v) is 5.23. The van der Waals surface area contributed by atoms with Crippen molar-refractivity contribution in [3.8, 4) is 0 Å². The van der Waals surface area contributed by atoms with Gasteiger partial charge in [-0.15, -0.1) is 0 Å². The number of carbonyl (C=O) groups is 1. The van der Waals surface area contributed by atoms with Gasteiger partial charge < -0.3 is 21.0 Å². The van der Waals surface area contributed by atoms with E-state index in [2.05, 4.69) is 4.98 Å². The molecule has 0 aliphatic rings. The minimum atomic E-state index is -1.19. The van der Waals surface area contributed by atoms with E-state index < -0.39 is 16.9 Å². The predicted molar refractivity (Wildman–Crippen MR) is 64.3 cm³/mol. The van der Waals surface area contributed by atoms with Gasteiger partial charge in [-0.05, 0) is 11.0 Å². The number of aliphatic carboxylic acids is 1. The molecule has 7 nitrogen and oxygen atoms in total. The number of nitro groups is 1. The molecule has 0 bridgehead atoms. The quantitative estimate of drug-likeness (QED) is 0.551. The molecule has 0 saturated carbocycles. The molecule has 2 aromatic rings. The van der Waals surface area contributed by atoms with Gasteiger partial charge in [-0.1, -0.05) is 18.2 Å². The van der Waals surface area contributed by atoms with E-state index in [1.807, 2.05) is 0 Å². The van der Waals surface area contributed by atoms with E-state index in [9.17, 15) is 14.9 Å². The van der Waals surface area contributed by atoms with E-state index >= 15 is 0 Å². The largest absolute Gasteiger partial charge is 0.480 e. The van der Waals surface area contributed by atoms with Crippen LogP contribution in [0, 0.1) is 10.1 Å². The van der Waals surface area contributed by atoms with Crippen molar-refractivity contribution >= 4 is 22.7 Å². The van der Waals surface area contributed by atoms with Gasteiger partial charge in [-0.3, -0.25) is 4.79 Å². The van der Waals surface area contributed by atoms with Crippen LogP contribution >= 0.6 is 0 Å². The third-order valence-electron chi connectivity index (χ3n) is 2.71. The number of carboxylic acid groups (broad SMARTS) is 1. The highest BCUT2D eigenvalue weighted by Crippen LogP contribution is 2.28. The van der Waals surface area contributed by atoms with E-state index in [0.29, 0.717) is 16.5 Å². The average molecular weight is 249 g/mol. The summed E-state index contributed by atoms with van der Waals surface area (Å²) in [5.41, 5.74) is 6.35. The Balaban J connectivity index is 2.55. The molecule has 0 saturated heterocycles. The number of H-pyrrole nitrogens is 1. The van der Waals surface area contributed by atoms with Gasteiger partial charge >= 0.3 is 11.8 Å². The van der Waals surface area contributed by atoms with Crippen LogP contribution in [-0.2, 0) is 11.2 Å². The second-order valence-corrected chi connectivity index (χ2v) is 3.90. The number of aromatic amines is 1. The average Bonchev–Trinajstić information content (AvgIpc) is 2.68. The number of hydrogen-bond acceptors (Lipinski definition) is 4. The van der Waals surface area contributed by atoms with E-state index in [-0.39, 0.29) is 12.2 Å². The lowest BCUT2D eigenvalue weighted by Crippen LogP contribution is -2.32. The summed E-state index contributed by atoms with van der Waals surface area (Å²) in [6.45, 7) is 0. The maximum Gasteiger partial charge on any atom is 0.325 e. The van der Waals surface area contributed by atoms with Crippen molar-refractivity contribution in [3.63, 3.8) is 0 Å². The lowest BCUT2D eigenvalue weighted by molar-refractivity contribution is -0.389. The van der Waals surface area contributed by atoms with E-state index in [4.69, 9.17) is 10.8 Å². The first-order valence-electron chi connectivity index (χ1n) is 5.23. The molecule has 18 heavy (non-hydrogen) atoms. The predicted octanol–water partition coefficient (Wildman–Crippen LogP) is 1.03. The van der Waals surface area contributed by atoms with Crippen LogP contribution in [0.5, 0.6) is 0 Å². The molecule has 94 valence electrons. The lowest BCUT2D eigenvalue weighted by atomic mass is 10.0. The zero-order valence-electron chi connectivity index (χ0n) is 9.29. The van der Waals surface area contributed by atoms with Gasteiger partial charge in [0.05, 0.1) is 5.56 Å². The monoisotopic (exact) mass is 249 g/mol. The normalized spacial score (nSPS) is 12.5. The van der Waals surface area contributed by atoms with Gasteiger partial charge in [0.1, 0.15) is 11.6 Å².